The number of anilines is 1. The first-order valence-electron chi connectivity index (χ1n) is 5.77. The topological polar surface area (TPSA) is 105 Å². The lowest BCUT2D eigenvalue weighted by atomic mass is 10.1. The molecular weight excluding hydrogens is 284 g/mol. The van der Waals surface area contributed by atoms with Crippen LogP contribution in [0.2, 0.25) is 0 Å². The highest BCUT2D eigenvalue weighted by Crippen LogP contribution is 2.22. The van der Waals surface area contributed by atoms with Crippen LogP contribution in [0.4, 0.5) is 5.69 Å². The van der Waals surface area contributed by atoms with Crippen molar-refractivity contribution in [3.63, 3.8) is 0 Å². The Balaban J connectivity index is 3.43. The van der Waals surface area contributed by atoms with Gasteiger partial charge in [-0.2, -0.15) is 0 Å². The van der Waals surface area contributed by atoms with Crippen molar-refractivity contribution < 1.29 is 23.2 Å². The summed E-state index contributed by atoms with van der Waals surface area (Å²) in [6, 6.07) is 3.78. The molecule has 0 radical (unpaired) electrons. The van der Waals surface area contributed by atoms with E-state index in [0.29, 0.717) is 0 Å². The van der Waals surface area contributed by atoms with Gasteiger partial charge in [-0.05, 0) is 39.0 Å². The van der Waals surface area contributed by atoms with Crippen molar-refractivity contribution in [3.8, 4) is 0 Å². The molecule has 0 saturated heterocycles. The van der Waals surface area contributed by atoms with Crippen molar-refractivity contribution in [1.82, 2.24) is 4.72 Å². The fourth-order valence-electron chi connectivity index (χ4n) is 1.55. The Labute approximate surface area is 118 Å². The number of hydrogen-bond acceptors (Lipinski definition) is 6. The maximum absolute atomic E-state index is 12.3. The largest absolute Gasteiger partial charge is 0.465 e. The van der Waals surface area contributed by atoms with Gasteiger partial charge in [-0.3, -0.25) is 10.7 Å². The second-order valence-corrected chi connectivity index (χ2v) is 6.82. The minimum absolute atomic E-state index is 0.108. The first-order valence-corrected chi connectivity index (χ1v) is 7.25. The number of hydrogen-bond donors (Lipinski definition) is 3. The molecule has 1 aromatic rings. The van der Waals surface area contributed by atoms with E-state index in [1.807, 2.05) is 5.48 Å². The zero-order valence-electron chi connectivity index (χ0n) is 11.7. The van der Waals surface area contributed by atoms with Crippen molar-refractivity contribution in [1.29, 1.82) is 0 Å². The van der Waals surface area contributed by atoms with E-state index >= 15 is 0 Å². The van der Waals surface area contributed by atoms with Gasteiger partial charge in [-0.25, -0.2) is 17.9 Å². The molecule has 0 saturated carbocycles. The Bertz CT molecular complexity index is 605. The van der Waals surface area contributed by atoms with Gasteiger partial charge >= 0.3 is 5.97 Å². The summed E-state index contributed by atoms with van der Waals surface area (Å²) in [5.41, 5.74) is 1.17. The monoisotopic (exact) mass is 302 g/mol. The van der Waals surface area contributed by atoms with Crippen LogP contribution in [-0.2, 0) is 14.8 Å². The van der Waals surface area contributed by atoms with Gasteiger partial charge in [0.05, 0.1) is 23.3 Å². The normalized spacial score (nSPS) is 12.1. The second-order valence-electron chi connectivity index (χ2n) is 5.17. The maximum Gasteiger partial charge on any atom is 0.339 e. The molecule has 0 atom stereocenters. The maximum atomic E-state index is 12.3. The molecule has 0 aliphatic carbocycles. The number of rotatable bonds is 4. The molecule has 0 aromatic heterocycles. The molecule has 3 N–H and O–H groups in total. The van der Waals surface area contributed by atoms with Crippen LogP contribution in [0.15, 0.2) is 23.1 Å². The highest BCUT2D eigenvalue weighted by molar-refractivity contribution is 7.89. The van der Waals surface area contributed by atoms with Gasteiger partial charge in [-0.15, -0.1) is 0 Å². The summed E-state index contributed by atoms with van der Waals surface area (Å²) in [5, 5.41) is 8.87. The van der Waals surface area contributed by atoms with E-state index in [4.69, 9.17) is 5.21 Å². The molecular formula is C12H18N2O5S. The van der Waals surface area contributed by atoms with Crippen LogP contribution >= 0.6 is 0 Å². The average Bonchev–Trinajstić information content (AvgIpc) is 2.34. The predicted octanol–water partition coefficient (Wildman–Crippen LogP) is 1.35. The minimum Gasteiger partial charge on any atom is -0.465 e. The molecule has 1 rings (SSSR count). The average molecular weight is 302 g/mol. The summed E-state index contributed by atoms with van der Waals surface area (Å²) < 4.78 is 31.7. The molecule has 0 bridgehead atoms. The van der Waals surface area contributed by atoms with Crippen LogP contribution < -0.4 is 10.2 Å². The van der Waals surface area contributed by atoms with Gasteiger partial charge in [0.1, 0.15) is 0 Å². The highest BCUT2D eigenvalue weighted by atomic mass is 32.2. The molecule has 7 nitrogen and oxygen atoms in total. The number of sulfonamides is 1. The van der Waals surface area contributed by atoms with Gasteiger partial charge in [0, 0.05) is 5.54 Å². The van der Waals surface area contributed by atoms with E-state index in [9.17, 15) is 13.2 Å². The summed E-state index contributed by atoms with van der Waals surface area (Å²) in [6.07, 6.45) is 0. The molecule has 8 heteroatoms. The van der Waals surface area contributed by atoms with Crippen molar-refractivity contribution in [2.75, 3.05) is 12.6 Å². The van der Waals surface area contributed by atoms with Crippen LogP contribution in [0.5, 0.6) is 0 Å². The fraction of sp³-hybridized carbons (Fsp3) is 0.417. The van der Waals surface area contributed by atoms with E-state index < -0.39 is 21.5 Å². The lowest BCUT2D eigenvalue weighted by molar-refractivity contribution is 0.0596. The molecule has 0 unspecified atom stereocenters. The van der Waals surface area contributed by atoms with Crippen LogP contribution in [0.3, 0.4) is 0 Å². The van der Waals surface area contributed by atoms with Gasteiger partial charge in [-0.1, -0.05) is 0 Å². The number of nitrogens with one attached hydrogen (secondary N) is 2. The van der Waals surface area contributed by atoms with Crippen LogP contribution in [0, 0.1) is 0 Å². The first kappa shape index (κ1) is 16.4. The Morgan fingerprint density at radius 1 is 1.30 bits per heavy atom. The van der Waals surface area contributed by atoms with Crippen molar-refractivity contribution in [3.05, 3.63) is 23.8 Å². The Hall–Kier alpha value is -1.64. The SMILES string of the molecule is COC(=O)c1ccc(NO)cc1S(=O)(=O)NC(C)(C)C. The quantitative estimate of drug-likeness (QED) is 0.573. The van der Waals surface area contributed by atoms with E-state index in [1.54, 1.807) is 20.8 Å². The summed E-state index contributed by atoms with van der Waals surface area (Å²) in [5.74, 6) is -0.774. The molecule has 0 amide bonds. The van der Waals surface area contributed by atoms with Gasteiger partial charge in [0.15, 0.2) is 0 Å². The summed E-state index contributed by atoms with van der Waals surface area (Å²) in [6.45, 7) is 5.03. The van der Waals surface area contributed by atoms with E-state index in [1.165, 1.54) is 12.1 Å². The number of methoxy groups -OCH3 is 1. The van der Waals surface area contributed by atoms with Crippen LogP contribution in [0.25, 0.3) is 0 Å². The number of esters is 1. The molecule has 20 heavy (non-hydrogen) atoms. The number of benzene rings is 1. The summed E-state index contributed by atoms with van der Waals surface area (Å²) >= 11 is 0. The van der Waals surface area contributed by atoms with Gasteiger partial charge in [0.25, 0.3) is 0 Å². The standard InChI is InChI=1S/C12H18N2O5S/c1-12(2,3)14-20(17,18)10-7-8(13-16)5-6-9(10)11(15)19-4/h5-7,13-14,16H,1-4H3. The molecule has 0 aliphatic heterocycles. The van der Waals surface area contributed by atoms with Crippen LogP contribution in [-0.4, -0.2) is 32.2 Å². The highest BCUT2D eigenvalue weighted by Gasteiger charge is 2.27. The Morgan fingerprint density at radius 3 is 2.35 bits per heavy atom. The van der Waals surface area contributed by atoms with Crippen LogP contribution in [0.1, 0.15) is 31.1 Å². The van der Waals surface area contributed by atoms with Crippen molar-refractivity contribution >= 4 is 21.7 Å². The Kier molecular flexibility index (Phi) is 4.74. The zero-order valence-corrected chi connectivity index (χ0v) is 12.5. The predicted molar refractivity (Wildman–Crippen MR) is 73.3 cm³/mol. The van der Waals surface area contributed by atoms with Crippen molar-refractivity contribution in [2.24, 2.45) is 0 Å². The van der Waals surface area contributed by atoms with Crippen molar-refractivity contribution in [2.45, 2.75) is 31.2 Å². The van der Waals surface area contributed by atoms with Gasteiger partial charge < -0.3 is 4.74 Å². The molecule has 0 heterocycles. The third-order valence-corrected chi connectivity index (χ3v) is 4.04. The molecule has 112 valence electrons. The van der Waals surface area contributed by atoms with Gasteiger partial charge in [0.2, 0.25) is 10.0 Å². The zero-order chi connectivity index (χ0) is 15.6. The lowest BCUT2D eigenvalue weighted by Gasteiger charge is -2.21. The van der Waals surface area contributed by atoms with E-state index in [2.05, 4.69) is 9.46 Å². The molecule has 1 aromatic carbocycles. The Morgan fingerprint density at radius 2 is 1.90 bits per heavy atom. The third-order valence-electron chi connectivity index (χ3n) is 2.25. The first-order chi connectivity index (χ1) is 9.10. The molecule has 0 aliphatic rings. The number of ether oxygens (including phenoxy) is 1. The third kappa shape index (κ3) is 3.92. The number of carbonyl (C=O) groups is 1. The van der Waals surface area contributed by atoms with E-state index in [-0.39, 0.29) is 16.1 Å². The molecule has 0 spiro atoms. The lowest BCUT2D eigenvalue weighted by Crippen LogP contribution is -2.41. The second kappa shape index (κ2) is 5.78. The van der Waals surface area contributed by atoms with E-state index in [0.717, 1.165) is 13.2 Å². The number of carbonyl (C=O) groups excluding carboxylic acids is 1. The summed E-state index contributed by atoms with van der Waals surface area (Å²) in [7, 11) is -2.78. The molecule has 0 fully saturated rings. The fourth-order valence-corrected chi connectivity index (χ4v) is 3.19. The summed E-state index contributed by atoms with van der Waals surface area (Å²) in [4.78, 5) is 11.4. The smallest absolute Gasteiger partial charge is 0.339 e. The minimum atomic E-state index is -3.94.